The number of nitrogens with one attached hydrogen (secondary N) is 3. The van der Waals surface area contributed by atoms with Crippen LogP contribution in [0.15, 0.2) is 0 Å². The van der Waals surface area contributed by atoms with E-state index in [1.54, 1.807) is 6.92 Å². The molecule has 1 aliphatic rings. The maximum absolute atomic E-state index is 11.5. The molecule has 5 nitrogen and oxygen atoms in total. The van der Waals surface area contributed by atoms with E-state index >= 15 is 0 Å². The van der Waals surface area contributed by atoms with Gasteiger partial charge < -0.3 is 10.6 Å². The molecule has 15 heavy (non-hydrogen) atoms. The molecule has 1 unspecified atom stereocenters. The molecular weight excluding hydrogens is 194 g/mol. The van der Waals surface area contributed by atoms with Gasteiger partial charge in [-0.05, 0) is 19.8 Å². The molecule has 0 radical (unpaired) electrons. The van der Waals surface area contributed by atoms with E-state index in [4.69, 9.17) is 0 Å². The molecule has 0 aliphatic heterocycles. The summed E-state index contributed by atoms with van der Waals surface area (Å²) in [5.74, 6) is -0.277. The third kappa shape index (κ3) is 3.87. The fourth-order valence-corrected chi connectivity index (χ4v) is 1.80. The van der Waals surface area contributed by atoms with E-state index in [1.165, 1.54) is 19.9 Å². The van der Waals surface area contributed by atoms with E-state index in [2.05, 4.69) is 16.0 Å². The molecule has 86 valence electrons. The van der Waals surface area contributed by atoms with E-state index in [0.29, 0.717) is 6.04 Å². The average molecular weight is 213 g/mol. The van der Waals surface area contributed by atoms with Crippen molar-refractivity contribution in [1.82, 2.24) is 16.0 Å². The number of amides is 3. The summed E-state index contributed by atoms with van der Waals surface area (Å²) >= 11 is 0. The number of hydrogen-bond acceptors (Lipinski definition) is 3. The zero-order valence-corrected chi connectivity index (χ0v) is 9.30. The van der Waals surface area contributed by atoms with Gasteiger partial charge in [0.1, 0.15) is 0 Å². The van der Waals surface area contributed by atoms with Gasteiger partial charge in [-0.1, -0.05) is 12.8 Å². The van der Waals surface area contributed by atoms with Gasteiger partial charge in [-0.2, -0.15) is 0 Å². The lowest BCUT2D eigenvalue weighted by Gasteiger charge is -2.18. The van der Waals surface area contributed by atoms with Crippen LogP contribution in [-0.4, -0.2) is 31.1 Å². The van der Waals surface area contributed by atoms with Gasteiger partial charge in [0, 0.05) is 13.1 Å². The van der Waals surface area contributed by atoms with Crippen molar-refractivity contribution >= 4 is 11.9 Å². The summed E-state index contributed by atoms with van der Waals surface area (Å²) in [5, 5.41) is 7.81. The second kappa shape index (κ2) is 5.70. The van der Waals surface area contributed by atoms with Crippen molar-refractivity contribution < 1.29 is 9.59 Å². The van der Waals surface area contributed by atoms with Crippen molar-refractivity contribution in [2.45, 2.75) is 44.7 Å². The summed E-state index contributed by atoms with van der Waals surface area (Å²) in [6, 6.07) is -0.346. The highest BCUT2D eigenvalue weighted by molar-refractivity contribution is 5.96. The monoisotopic (exact) mass is 213 g/mol. The van der Waals surface area contributed by atoms with Crippen LogP contribution in [0.4, 0.5) is 4.79 Å². The van der Waals surface area contributed by atoms with Crippen molar-refractivity contribution in [1.29, 1.82) is 0 Å². The van der Waals surface area contributed by atoms with Gasteiger partial charge in [-0.3, -0.25) is 10.1 Å². The zero-order chi connectivity index (χ0) is 11.3. The van der Waals surface area contributed by atoms with Crippen molar-refractivity contribution in [2.75, 3.05) is 7.05 Å². The summed E-state index contributed by atoms with van der Waals surface area (Å²) < 4.78 is 0. The van der Waals surface area contributed by atoms with Crippen molar-refractivity contribution in [3.8, 4) is 0 Å². The van der Waals surface area contributed by atoms with Gasteiger partial charge in [0.2, 0.25) is 5.91 Å². The van der Waals surface area contributed by atoms with Crippen LogP contribution in [0.2, 0.25) is 0 Å². The number of carbonyl (C=O) groups is 2. The molecule has 1 atom stereocenters. The predicted octanol–water partition coefficient (Wildman–Crippen LogP) is 0.363. The summed E-state index contributed by atoms with van der Waals surface area (Å²) in [4.78, 5) is 22.4. The van der Waals surface area contributed by atoms with Gasteiger partial charge in [-0.25, -0.2) is 4.79 Å². The first-order valence-electron chi connectivity index (χ1n) is 5.42. The molecule has 0 heterocycles. The predicted molar refractivity (Wildman–Crippen MR) is 57.5 cm³/mol. The van der Waals surface area contributed by atoms with Gasteiger partial charge in [0.25, 0.3) is 0 Å². The van der Waals surface area contributed by atoms with Crippen LogP contribution in [-0.2, 0) is 4.79 Å². The SMILES string of the molecule is CNC(=O)NC(=O)C(C)NC1CCCC1. The largest absolute Gasteiger partial charge is 0.341 e. The first-order valence-corrected chi connectivity index (χ1v) is 5.42. The molecule has 0 aromatic rings. The van der Waals surface area contributed by atoms with Gasteiger partial charge >= 0.3 is 6.03 Å². The minimum absolute atomic E-state index is 0.277. The summed E-state index contributed by atoms with van der Waals surface area (Å²) in [6.07, 6.45) is 4.69. The third-order valence-corrected chi connectivity index (χ3v) is 2.70. The fourth-order valence-electron chi connectivity index (χ4n) is 1.80. The quantitative estimate of drug-likeness (QED) is 0.634. The molecule has 1 aliphatic carbocycles. The summed E-state index contributed by atoms with van der Waals surface area (Å²) in [6.45, 7) is 1.77. The van der Waals surface area contributed by atoms with Gasteiger partial charge in [-0.15, -0.1) is 0 Å². The molecule has 0 bridgehead atoms. The standard InChI is InChI=1S/C10H19N3O2/c1-7(9(14)13-10(15)11-2)12-8-5-3-4-6-8/h7-8,12H,3-6H2,1-2H3,(H2,11,13,14,15). The maximum Gasteiger partial charge on any atom is 0.321 e. The zero-order valence-electron chi connectivity index (χ0n) is 9.30. The molecule has 1 rings (SSSR count). The normalized spacial score (nSPS) is 18.5. The van der Waals surface area contributed by atoms with E-state index in [-0.39, 0.29) is 11.9 Å². The Hall–Kier alpha value is -1.10. The van der Waals surface area contributed by atoms with Crippen LogP contribution in [0.25, 0.3) is 0 Å². The van der Waals surface area contributed by atoms with Crippen molar-refractivity contribution in [3.63, 3.8) is 0 Å². The lowest BCUT2D eigenvalue weighted by Crippen LogP contribution is -2.49. The molecule has 3 N–H and O–H groups in total. The van der Waals surface area contributed by atoms with E-state index in [0.717, 1.165) is 12.8 Å². The number of rotatable bonds is 3. The number of imide groups is 1. The van der Waals surface area contributed by atoms with Crippen LogP contribution in [0.1, 0.15) is 32.6 Å². The lowest BCUT2D eigenvalue weighted by molar-refractivity contribution is -0.121. The van der Waals surface area contributed by atoms with E-state index in [1.807, 2.05) is 0 Å². The van der Waals surface area contributed by atoms with Crippen LogP contribution in [0, 0.1) is 0 Å². The molecule has 3 amide bonds. The molecule has 0 spiro atoms. The highest BCUT2D eigenvalue weighted by Gasteiger charge is 2.21. The number of hydrogen-bond donors (Lipinski definition) is 3. The Morgan fingerprint density at radius 1 is 1.27 bits per heavy atom. The number of carbonyl (C=O) groups excluding carboxylic acids is 2. The smallest absolute Gasteiger partial charge is 0.321 e. The Balaban J connectivity index is 2.28. The third-order valence-electron chi connectivity index (χ3n) is 2.70. The Labute approximate surface area is 90.0 Å². The molecular formula is C10H19N3O2. The molecule has 0 aromatic heterocycles. The Bertz CT molecular complexity index is 237. The fraction of sp³-hybridized carbons (Fsp3) is 0.800. The van der Waals surface area contributed by atoms with Crippen molar-refractivity contribution in [2.24, 2.45) is 0 Å². The molecule has 5 heteroatoms. The molecule has 0 aromatic carbocycles. The summed E-state index contributed by atoms with van der Waals surface area (Å²) in [5.41, 5.74) is 0. The van der Waals surface area contributed by atoms with Crippen LogP contribution in [0.5, 0.6) is 0 Å². The molecule has 1 fully saturated rings. The highest BCUT2D eigenvalue weighted by atomic mass is 16.2. The van der Waals surface area contributed by atoms with Crippen LogP contribution in [0.3, 0.4) is 0 Å². The van der Waals surface area contributed by atoms with E-state index in [9.17, 15) is 9.59 Å². The first kappa shape index (κ1) is 12.0. The van der Waals surface area contributed by atoms with E-state index < -0.39 is 6.03 Å². The molecule has 0 saturated heterocycles. The Kier molecular flexibility index (Phi) is 4.55. The average Bonchev–Trinajstić information content (AvgIpc) is 2.70. The lowest BCUT2D eigenvalue weighted by atomic mass is 10.2. The first-order chi connectivity index (χ1) is 7.13. The minimum Gasteiger partial charge on any atom is -0.341 e. The van der Waals surface area contributed by atoms with Gasteiger partial charge in [0.05, 0.1) is 6.04 Å². The second-order valence-electron chi connectivity index (χ2n) is 3.94. The summed E-state index contributed by atoms with van der Waals surface area (Å²) in [7, 11) is 1.48. The Morgan fingerprint density at radius 3 is 2.40 bits per heavy atom. The van der Waals surface area contributed by atoms with Crippen LogP contribution >= 0.6 is 0 Å². The maximum atomic E-state index is 11.5. The van der Waals surface area contributed by atoms with Gasteiger partial charge in [0.15, 0.2) is 0 Å². The topological polar surface area (TPSA) is 70.2 Å². The Morgan fingerprint density at radius 2 is 1.87 bits per heavy atom. The van der Waals surface area contributed by atoms with Crippen LogP contribution < -0.4 is 16.0 Å². The minimum atomic E-state index is -0.458. The highest BCUT2D eigenvalue weighted by Crippen LogP contribution is 2.17. The van der Waals surface area contributed by atoms with Crippen molar-refractivity contribution in [3.05, 3.63) is 0 Å². The number of urea groups is 1. The molecule has 1 saturated carbocycles. The second-order valence-corrected chi connectivity index (χ2v) is 3.94.